The molecule has 136 valence electrons. The molecular formula is C17H17BrF3NO3. The quantitative estimate of drug-likeness (QED) is 0.757. The Balaban J connectivity index is 1.68. The Kier molecular flexibility index (Phi) is 5.58. The first-order chi connectivity index (χ1) is 11.9. The maximum absolute atomic E-state index is 12.6. The minimum atomic E-state index is -4.50. The van der Waals surface area contributed by atoms with Crippen molar-refractivity contribution in [3.8, 4) is 11.5 Å². The molecule has 1 aromatic heterocycles. The first-order valence-corrected chi connectivity index (χ1v) is 8.67. The Morgan fingerprint density at radius 2 is 1.88 bits per heavy atom. The van der Waals surface area contributed by atoms with Crippen LogP contribution in [0.3, 0.4) is 0 Å². The molecule has 0 atom stereocenters. The summed E-state index contributed by atoms with van der Waals surface area (Å²) >= 11 is 3.39. The normalized spacial score (nSPS) is 16.0. The number of hydrogen-bond donors (Lipinski definition) is 1. The standard InChI is InChI=1S/C17H17BrF3NO3/c18-11-1-3-14(15(9-11)24-12-5-7-22-8-6-12)23-10-13-2-4-16(25-13)17(19,20)21/h1-4,9,12,22H,5-8,10H2. The molecular weight excluding hydrogens is 403 g/mol. The summed E-state index contributed by atoms with van der Waals surface area (Å²) in [4.78, 5) is 0. The van der Waals surface area contributed by atoms with E-state index in [0.717, 1.165) is 36.5 Å². The van der Waals surface area contributed by atoms with Crippen molar-refractivity contribution in [2.75, 3.05) is 13.1 Å². The van der Waals surface area contributed by atoms with Gasteiger partial charge in [-0.25, -0.2) is 0 Å². The maximum atomic E-state index is 12.6. The second-order valence-corrected chi connectivity index (χ2v) is 6.63. The lowest BCUT2D eigenvalue weighted by Gasteiger charge is -2.25. The number of halogens is 4. The molecule has 8 heteroatoms. The molecule has 4 nitrogen and oxygen atoms in total. The van der Waals surface area contributed by atoms with Crippen molar-refractivity contribution in [2.45, 2.75) is 31.7 Å². The summed E-state index contributed by atoms with van der Waals surface area (Å²) in [5, 5.41) is 3.26. The molecule has 2 aromatic rings. The number of hydrogen-bond acceptors (Lipinski definition) is 4. The van der Waals surface area contributed by atoms with Crippen LogP contribution in [0.15, 0.2) is 39.2 Å². The summed E-state index contributed by atoms with van der Waals surface area (Å²) in [6, 6.07) is 7.45. The van der Waals surface area contributed by atoms with Crippen molar-refractivity contribution in [3.63, 3.8) is 0 Å². The number of nitrogens with one attached hydrogen (secondary N) is 1. The van der Waals surface area contributed by atoms with Gasteiger partial charge in [-0.05, 0) is 56.3 Å². The van der Waals surface area contributed by atoms with E-state index in [2.05, 4.69) is 21.2 Å². The number of piperidine rings is 1. The molecule has 2 heterocycles. The topological polar surface area (TPSA) is 43.6 Å². The van der Waals surface area contributed by atoms with Crippen LogP contribution in [-0.4, -0.2) is 19.2 Å². The van der Waals surface area contributed by atoms with Crippen molar-refractivity contribution >= 4 is 15.9 Å². The fourth-order valence-corrected chi connectivity index (χ4v) is 2.88. The van der Waals surface area contributed by atoms with Crippen molar-refractivity contribution in [3.05, 3.63) is 46.3 Å². The summed E-state index contributed by atoms with van der Waals surface area (Å²) in [6.07, 6.45) is -2.64. The van der Waals surface area contributed by atoms with E-state index in [1.165, 1.54) is 6.07 Å². The first kappa shape index (κ1) is 18.1. The van der Waals surface area contributed by atoms with E-state index >= 15 is 0 Å². The highest BCUT2D eigenvalue weighted by molar-refractivity contribution is 9.10. The third-order valence-electron chi connectivity index (χ3n) is 3.80. The number of alkyl halides is 3. The van der Waals surface area contributed by atoms with Crippen LogP contribution in [0.1, 0.15) is 24.4 Å². The molecule has 0 unspecified atom stereocenters. The lowest BCUT2D eigenvalue weighted by atomic mass is 10.1. The van der Waals surface area contributed by atoms with Gasteiger partial charge in [0.25, 0.3) is 0 Å². The minimum absolute atomic E-state index is 0.0818. The molecule has 1 fully saturated rings. The number of ether oxygens (including phenoxy) is 2. The molecule has 3 rings (SSSR count). The monoisotopic (exact) mass is 419 g/mol. The Labute approximate surface area is 151 Å². The molecule has 1 aromatic carbocycles. The van der Waals surface area contributed by atoms with Crippen LogP contribution in [0, 0.1) is 0 Å². The lowest BCUT2D eigenvalue weighted by molar-refractivity contribution is -0.153. The highest BCUT2D eigenvalue weighted by Crippen LogP contribution is 2.34. The van der Waals surface area contributed by atoms with Gasteiger partial charge in [0.2, 0.25) is 5.76 Å². The van der Waals surface area contributed by atoms with Gasteiger partial charge < -0.3 is 19.2 Å². The summed E-state index contributed by atoms with van der Waals surface area (Å²) in [6.45, 7) is 1.67. The zero-order valence-electron chi connectivity index (χ0n) is 13.2. The zero-order chi connectivity index (χ0) is 17.9. The molecule has 25 heavy (non-hydrogen) atoms. The first-order valence-electron chi connectivity index (χ1n) is 7.87. The van der Waals surface area contributed by atoms with E-state index in [9.17, 15) is 13.2 Å². The molecule has 1 N–H and O–H groups in total. The van der Waals surface area contributed by atoms with E-state index in [1.807, 2.05) is 0 Å². The van der Waals surface area contributed by atoms with Crippen LogP contribution in [-0.2, 0) is 12.8 Å². The van der Waals surface area contributed by atoms with Gasteiger partial charge in [0, 0.05) is 4.47 Å². The van der Waals surface area contributed by atoms with Gasteiger partial charge in [0.15, 0.2) is 11.5 Å². The van der Waals surface area contributed by atoms with E-state index in [-0.39, 0.29) is 18.5 Å². The summed E-state index contributed by atoms with van der Waals surface area (Å²) in [5.41, 5.74) is 0. The molecule has 0 aliphatic carbocycles. The molecule has 0 amide bonds. The molecule has 0 spiro atoms. The largest absolute Gasteiger partial charge is 0.486 e. The van der Waals surface area contributed by atoms with Crippen LogP contribution in [0.2, 0.25) is 0 Å². The van der Waals surface area contributed by atoms with E-state index < -0.39 is 11.9 Å². The van der Waals surface area contributed by atoms with Crippen molar-refractivity contribution in [2.24, 2.45) is 0 Å². The average Bonchev–Trinajstić information content (AvgIpc) is 3.04. The fraction of sp³-hybridized carbons (Fsp3) is 0.412. The Morgan fingerprint density at radius 3 is 2.56 bits per heavy atom. The number of benzene rings is 1. The van der Waals surface area contributed by atoms with Gasteiger partial charge in [-0.15, -0.1) is 0 Å². The predicted octanol–water partition coefficient (Wildman–Crippen LogP) is 4.77. The molecule has 0 bridgehead atoms. The van der Waals surface area contributed by atoms with Gasteiger partial charge in [-0.1, -0.05) is 15.9 Å². The predicted molar refractivity (Wildman–Crippen MR) is 88.7 cm³/mol. The van der Waals surface area contributed by atoms with Crippen molar-refractivity contribution in [1.29, 1.82) is 0 Å². The second-order valence-electron chi connectivity index (χ2n) is 5.71. The Morgan fingerprint density at radius 1 is 1.12 bits per heavy atom. The van der Waals surface area contributed by atoms with Crippen LogP contribution in [0.5, 0.6) is 11.5 Å². The van der Waals surface area contributed by atoms with Gasteiger partial charge in [-0.2, -0.15) is 13.2 Å². The van der Waals surface area contributed by atoms with E-state index in [1.54, 1.807) is 18.2 Å². The van der Waals surface area contributed by atoms with Crippen LogP contribution in [0.4, 0.5) is 13.2 Å². The van der Waals surface area contributed by atoms with Crippen LogP contribution >= 0.6 is 15.9 Å². The lowest BCUT2D eigenvalue weighted by Crippen LogP contribution is -2.34. The van der Waals surface area contributed by atoms with Gasteiger partial charge >= 0.3 is 6.18 Å². The number of furan rings is 1. The minimum Gasteiger partial charge on any atom is -0.486 e. The highest BCUT2D eigenvalue weighted by Gasteiger charge is 2.34. The van der Waals surface area contributed by atoms with Gasteiger partial charge in [0.1, 0.15) is 18.5 Å². The van der Waals surface area contributed by atoms with Gasteiger partial charge in [0.05, 0.1) is 0 Å². The zero-order valence-corrected chi connectivity index (χ0v) is 14.8. The van der Waals surface area contributed by atoms with E-state index in [0.29, 0.717) is 11.5 Å². The van der Waals surface area contributed by atoms with Crippen LogP contribution < -0.4 is 14.8 Å². The van der Waals surface area contributed by atoms with E-state index in [4.69, 9.17) is 13.9 Å². The third kappa shape index (κ3) is 4.92. The molecule has 0 saturated carbocycles. The maximum Gasteiger partial charge on any atom is 0.449 e. The fourth-order valence-electron chi connectivity index (χ4n) is 2.54. The van der Waals surface area contributed by atoms with Crippen molar-refractivity contribution < 1.29 is 27.1 Å². The summed E-state index contributed by atoms with van der Waals surface area (Å²) in [5.74, 6) is 0.0895. The van der Waals surface area contributed by atoms with Crippen molar-refractivity contribution in [1.82, 2.24) is 5.32 Å². The Bertz CT molecular complexity index is 711. The third-order valence-corrected chi connectivity index (χ3v) is 4.29. The summed E-state index contributed by atoms with van der Waals surface area (Å²) < 4.78 is 54.9. The highest BCUT2D eigenvalue weighted by atomic mass is 79.9. The molecule has 1 saturated heterocycles. The van der Waals surface area contributed by atoms with Gasteiger partial charge in [-0.3, -0.25) is 0 Å². The molecule has 1 aliphatic rings. The van der Waals surface area contributed by atoms with Crippen LogP contribution in [0.25, 0.3) is 0 Å². The average molecular weight is 420 g/mol. The SMILES string of the molecule is FC(F)(F)c1ccc(COc2ccc(Br)cc2OC2CCNCC2)o1. The molecule has 0 radical (unpaired) electrons. The number of rotatable bonds is 5. The molecule has 1 aliphatic heterocycles. The smallest absolute Gasteiger partial charge is 0.449 e. The second kappa shape index (κ2) is 7.70. The Hall–Kier alpha value is -1.67. The summed E-state index contributed by atoms with van der Waals surface area (Å²) in [7, 11) is 0.